The van der Waals surface area contributed by atoms with Crippen molar-refractivity contribution in [1.29, 1.82) is 0 Å². The third-order valence-electron chi connectivity index (χ3n) is 4.79. The SMILES string of the molecule is O=C(O)c1ccc2c(C(=O)O)c(C#Cc3cccc(-c4ccccc4)c3)ccc2c1. The summed E-state index contributed by atoms with van der Waals surface area (Å²) in [5.41, 5.74) is 3.43. The van der Waals surface area contributed by atoms with E-state index in [1.807, 2.05) is 54.6 Å². The lowest BCUT2D eigenvalue weighted by Crippen LogP contribution is -2.03. The third-order valence-corrected chi connectivity index (χ3v) is 4.79. The molecule has 2 N–H and O–H groups in total. The van der Waals surface area contributed by atoms with E-state index in [4.69, 9.17) is 5.11 Å². The quantitative estimate of drug-likeness (QED) is 0.464. The number of rotatable bonds is 3. The van der Waals surface area contributed by atoms with Gasteiger partial charge in [-0.3, -0.25) is 0 Å². The molecular formula is C26H16O4. The summed E-state index contributed by atoms with van der Waals surface area (Å²) in [6.07, 6.45) is 0. The molecule has 4 rings (SSSR count). The van der Waals surface area contributed by atoms with Crippen molar-refractivity contribution in [2.75, 3.05) is 0 Å². The van der Waals surface area contributed by atoms with Crippen molar-refractivity contribution < 1.29 is 19.8 Å². The summed E-state index contributed by atoms with van der Waals surface area (Å²) in [4.78, 5) is 23.1. The average molecular weight is 392 g/mol. The van der Waals surface area contributed by atoms with Crippen LogP contribution < -0.4 is 0 Å². The van der Waals surface area contributed by atoms with Crippen molar-refractivity contribution in [2.24, 2.45) is 0 Å². The molecule has 0 aliphatic heterocycles. The molecule has 4 aromatic carbocycles. The van der Waals surface area contributed by atoms with Crippen LogP contribution in [0.25, 0.3) is 21.9 Å². The molecule has 0 unspecified atom stereocenters. The molecule has 0 atom stereocenters. The molecule has 30 heavy (non-hydrogen) atoms. The molecule has 0 heterocycles. The molecule has 4 aromatic rings. The Morgan fingerprint density at radius 3 is 2.17 bits per heavy atom. The van der Waals surface area contributed by atoms with Gasteiger partial charge in [0.25, 0.3) is 0 Å². The molecule has 0 radical (unpaired) electrons. The highest BCUT2D eigenvalue weighted by Gasteiger charge is 2.15. The van der Waals surface area contributed by atoms with Gasteiger partial charge in [-0.15, -0.1) is 0 Å². The number of carboxylic acid groups (broad SMARTS) is 2. The summed E-state index contributed by atoms with van der Waals surface area (Å²) in [6.45, 7) is 0. The van der Waals surface area contributed by atoms with Crippen molar-refractivity contribution in [2.45, 2.75) is 0 Å². The predicted octanol–water partition coefficient (Wildman–Crippen LogP) is 5.30. The van der Waals surface area contributed by atoms with Gasteiger partial charge in [0.2, 0.25) is 0 Å². The van der Waals surface area contributed by atoms with E-state index in [9.17, 15) is 14.7 Å². The van der Waals surface area contributed by atoms with Gasteiger partial charge in [-0.05, 0) is 52.2 Å². The van der Waals surface area contributed by atoms with E-state index in [1.165, 1.54) is 18.2 Å². The fourth-order valence-electron chi connectivity index (χ4n) is 3.34. The topological polar surface area (TPSA) is 74.6 Å². The fraction of sp³-hybridized carbons (Fsp3) is 0. The lowest BCUT2D eigenvalue weighted by molar-refractivity contribution is 0.0688. The molecule has 0 saturated carbocycles. The summed E-state index contributed by atoms with van der Waals surface area (Å²) in [7, 11) is 0. The smallest absolute Gasteiger partial charge is 0.337 e. The Balaban J connectivity index is 1.78. The van der Waals surface area contributed by atoms with Gasteiger partial charge >= 0.3 is 11.9 Å². The van der Waals surface area contributed by atoms with E-state index in [0.29, 0.717) is 16.3 Å². The van der Waals surface area contributed by atoms with Gasteiger partial charge in [0.1, 0.15) is 0 Å². The Kier molecular flexibility index (Phi) is 5.02. The minimum absolute atomic E-state index is 0.0659. The van der Waals surface area contributed by atoms with Gasteiger partial charge in [-0.2, -0.15) is 0 Å². The van der Waals surface area contributed by atoms with Gasteiger partial charge in [0.15, 0.2) is 0 Å². The molecule has 4 nitrogen and oxygen atoms in total. The average Bonchev–Trinajstić information content (AvgIpc) is 2.77. The number of hydrogen-bond donors (Lipinski definition) is 2. The van der Waals surface area contributed by atoms with E-state index in [0.717, 1.165) is 16.7 Å². The second kappa shape index (κ2) is 7.94. The zero-order chi connectivity index (χ0) is 21.1. The summed E-state index contributed by atoms with van der Waals surface area (Å²) >= 11 is 0. The molecule has 0 fully saturated rings. The van der Waals surface area contributed by atoms with E-state index in [2.05, 4.69) is 11.8 Å². The lowest BCUT2D eigenvalue weighted by atomic mass is 9.97. The molecule has 144 valence electrons. The fourth-order valence-corrected chi connectivity index (χ4v) is 3.34. The van der Waals surface area contributed by atoms with Crippen LogP contribution in [-0.2, 0) is 0 Å². The van der Waals surface area contributed by atoms with Gasteiger partial charge in [-0.25, -0.2) is 9.59 Å². The number of hydrogen-bond acceptors (Lipinski definition) is 2. The van der Waals surface area contributed by atoms with Crippen LogP contribution in [0.4, 0.5) is 0 Å². The molecular weight excluding hydrogens is 376 g/mol. The van der Waals surface area contributed by atoms with Crippen molar-refractivity contribution in [3.63, 3.8) is 0 Å². The Morgan fingerprint density at radius 2 is 1.43 bits per heavy atom. The Hall–Kier alpha value is -4.36. The number of fused-ring (bicyclic) bond motifs is 1. The second-order valence-corrected chi connectivity index (χ2v) is 6.73. The highest BCUT2D eigenvalue weighted by Crippen LogP contribution is 2.24. The van der Waals surface area contributed by atoms with Crippen LogP contribution in [0.1, 0.15) is 31.8 Å². The van der Waals surface area contributed by atoms with Gasteiger partial charge < -0.3 is 10.2 Å². The Morgan fingerprint density at radius 1 is 0.667 bits per heavy atom. The Labute approximate surface area is 173 Å². The predicted molar refractivity (Wildman–Crippen MR) is 116 cm³/mol. The number of benzene rings is 4. The summed E-state index contributed by atoms with van der Waals surface area (Å²) in [5.74, 6) is 3.86. The van der Waals surface area contributed by atoms with E-state index in [1.54, 1.807) is 12.1 Å². The largest absolute Gasteiger partial charge is 0.478 e. The van der Waals surface area contributed by atoms with Gasteiger partial charge in [0.05, 0.1) is 11.1 Å². The zero-order valence-corrected chi connectivity index (χ0v) is 15.8. The summed E-state index contributed by atoms with van der Waals surface area (Å²) < 4.78 is 0. The maximum Gasteiger partial charge on any atom is 0.337 e. The van der Waals surface area contributed by atoms with Crippen LogP contribution in [0.3, 0.4) is 0 Å². The third kappa shape index (κ3) is 3.78. The minimum Gasteiger partial charge on any atom is -0.478 e. The molecule has 0 amide bonds. The van der Waals surface area contributed by atoms with Crippen LogP contribution in [0.5, 0.6) is 0 Å². The molecule has 4 heteroatoms. The molecule has 0 aliphatic carbocycles. The van der Waals surface area contributed by atoms with Crippen LogP contribution >= 0.6 is 0 Å². The molecule has 0 bridgehead atoms. The molecule has 0 aliphatic rings. The molecule has 0 spiro atoms. The van der Waals surface area contributed by atoms with Crippen molar-refractivity contribution >= 4 is 22.7 Å². The van der Waals surface area contributed by atoms with E-state index in [-0.39, 0.29) is 11.1 Å². The van der Waals surface area contributed by atoms with Crippen LogP contribution in [0.2, 0.25) is 0 Å². The van der Waals surface area contributed by atoms with Crippen molar-refractivity contribution in [1.82, 2.24) is 0 Å². The number of carboxylic acids is 2. The zero-order valence-electron chi connectivity index (χ0n) is 15.8. The lowest BCUT2D eigenvalue weighted by Gasteiger charge is -2.06. The maximum absolute atomic E-state index is 11.9. The summed E-state index contributed by atoms with van der Waals surface area (Å²) in [6, 6.07) is 25.4. The van der Waals surface area contributed by atoms with Crippen LogP contribution in [-0.4, -0.2) is 22.2 Å². The highest BCUT2D eigenvalue weighted by molar-refractivity contribution is 6.07. The first-order valence-corrected chi connectivity index (χ1v) is 9.24. The first-order valence-electron chi connectivity index (χ1n) is 9.24. The minimum atomic E-state index is -1.11. The maximum atomic E-state index is 11.9. The highest BCUT2D eigenvalue weighted by atomic mass is 16.4. The van der Waals surface area contributed by atoms with Gasteiger partial charge in [0, 0.05) is 11.1 Å². The van der Waals surface area contributed by atoms with Crippen molar-refractivity contribution in [3.05, 3.63) is 107 Å². The molecule has 0 aromatic heterocycles. The second-order valence-electron chi connectivity index (χ2n) is 6.73. The first kappa shape index (κ1) is 19.0. The number of aromatic carboxylic acids is 2. The standard InChI is InChI=1S/C26H16O4/c27-25(28)22-13-14-23-21(16-22)12-11-19(24(23)26(29)30)10-9-17-5-4-8-20(15-17)18-6-2-1-3-7-18/h1-8,11-16H,(H,27,28)(H,29,30). The molecule has 0 saturated heterocycles. The van der Waals surface area contributed by atoms with E-state index >= 15 is 0 Å². The van der Waals surface area contributed by atoms with Crippen LogP contribution in [0, 0.1) is 11.8 Å². The monoisotopic (exact) mass is 392 g/mol. The van der Waals surface area contributed by atoms with Crippen LogP contribution in [0.15, 0.2) is 84.9 Å². The van der Waals surface area contributed by atoms with Gasteiger partial charge in [-0.1, -0.05) is 66.4 Å². The van der Waals surface area contributed by atoms with E-state index < -0.39 is 11.9 Å². The summed E-state index contributed by atoms with van der Waals surface area (Å²) in [5, 5.41) is 19.9. The first-order chi connectivity index (χ1) is 14.5. The normalized spacial score (nSPS) is 10.3. The number of carbonyl (C=O) groups is 2. The Bertz CT molecular complexity index is 1340. The van der Waals surface area contributed by atoms with Crippen molar-refractivity contribution in [3.8, 4) is 23.0 Å².